The van der Waals surface area contributed by atoms with Crippen LogP contribution in [-0.4, -0.2) is 22.0 Å². The quantitative estimate of drug-likeness (QED) is 0.854. The number of nitrogens with zero attached hydrogens (tertiary/aromatic N) is 1. The van der Waals surface area contributed by atoms with Crippen molar-refractivity contribution in [3.8, 4) is 11.3 Å². The van der Waals surface area contributed by atoms with E-state index in [0.29, 0.717) is 5.69 Å². The van der Waals surface area contributed by atoms with Crippen molar-refractivity contribution in [2.24, 2.45) is 0 Å². The lowest BCUT2D eigenvalue weighted by Gasteiger charge is -2.17. The van der Waals surface area contributed by atoms with Gasteiger partial charge in [0.15, 0.2) is 0 Å². The molecule has 0 fully saturated rings. The molecule has 1 heterocycles. The largest absolute Gasteiger partial charge is 0.325 e. The highest BCUT2D eigenvalue weighted by molar-refractivity contribution is 6.29. The lowest BCUT2D eigenvalue weighted by molar-refractivity contribution is -0.113. The summed E-state index contributed by atoms with van der Waals surface area (Å²) >= 11 is 5.51. The number of alkyl halides is 1. The summed E-state index contributed by atoms with van der Waals surface area (Å²) in [6.45, 7) is 0. The molecule has 5 nitrogen and oxygen atoms in total. The van der Waals surface area contributed by atoms with Crippen molar-refractivity contribution in [1.29, 1.82) is 0 Å². The minimum absolute atomic E-state index is 0.0868. The van der Waals surface area contributed by atoms with Gasteiger partial charge in [0.25, 0.3) is 5.56 Å². The van der Waals surface area contributed by atoms with E-state index in [4.69, 9.17) is 11.6 Å². The summed E-state index contributed by atoms with van der Waals surface area (Å²) in [5.41, 5.74) is 4.10. The number of benzene rings is 1. The number of aromatic amines is 1. The molecule has 0 saturated carbocycles. The summed E-state index contributed by atoms with van der Waals surface area (Å²) in [5, 5.41) is 9.53. The molecule has 2 aromatic rings. The van der Waals surface area contributed by atoms with Crippen LogP contribution in [0.25, 0.3) is 11.3 Å². The second-order valence-corrected chi connectivity index (χ2v) is 5.60. The Morgan fingerprint density at radius 3 is 2.82 bits per heavy atom. The molecule has 6 heteroatoms. The number of hydrogen-bond acceptors (Lipinski definition) is 3. The van der Waals surface area contributed by atoms with Crippen molar-refractivity contribution in [2.75, 3.05) is 11.2 Å². The molecule has 22 heavy (non-hydrogen) atoms. The number of halogens is 1. The van der Waals surface area contributed by atoms with Crippen molar-refractivity contribution in [1.82, 2.24) is 10.2 Å². The third-order valence-corrected chi connectivity index (χ3v) is 4.08. The Balaban J connectivity index is 2.03. The Kier molecular flexibility index (Phi) is 4.24. The summed E-state index contributed by atoms with van der Waals surface area (Å²) in [5.74, 6) is -0.341. The maximum atomic E-state index is 11.9. The normalized spacial score (nSPS) is 13.5. The summed E-state index contributed by atoms with van der Waals surface area (Å²) in [6.07, 6.45) is 3.75. The van der Waals surface area contributed by atoms with Crippen LogP contribution < -0.4 is 10.9 Å². The van der Waals surface area contributed by atoms with E-state index in [1.54, 1.807) is 6.07 Å². The fraction of sp³-hybridized carbons (Fsp3) is 0.312. The summed E-state index contributed by atoms with van der Waals surface area (Å²) < 4.78 is 0. The molecule has 0 saturated heterocycles. The molecule has 114 valence electrons. The number of anilines is 1. The van der Waals surface area contributed by atoms with Gasteiger partial charge in [-0.15, -0.1) is 11.6 Å². The number of amides is 1. The lowest BCUT2D eigenvalue weighted by Crippen LogP contribution is -2.21. The molecule has 0 radical (unpaired) electrons. The Morgan fingerprint density at radius 1 is 1.27 bits per heavy atom. The van der Waals surface area contributed by atoms with Crippen LogP contribution >= 0.6 is 11.6 Å². The molecule has 2 N–H and O–H groups in total. The molecule has 0 spiro atoms. The first-order valence-electron chi connectivity index (χ1n) is 7.25. The molecule has 0 bridgehead atoms. The average molecular weight is 318 g/mol. The molecule has 0 unspecified atom stereocenters. The van der Waals surface area contributed by atoms with Gasteiger partial charge < -0.3 is 5.32 Å². The number of aromatic nitrogens is 2. The van der Waals surface area contributed by atoms with Crippen LogP contribution in [0.15, 0.2) is 29.1 Å². The van der Waals surface area contributed by atoms with Crippen molar-refractivity contribution >= 4 is 23.2 Å². The maximum Gasteiger partial charge on any atom is 0.267 e. The molecule has 1 aliphatic carbocycles. The fourth-order valence-corrected chi connectivity index (χ4v) is 2.90. The maximum absolute atomic E-state index is 11.9. The standard InChI is InChI=1S/C16H16ClN3O2/c17-9-14(21)18-11-5-3-4-10(8-11)15-12-6-1-2-7-13(12)16(22)20-19-15/h3-5,8H,1-2,6-7,9H2,(H,18,21)(H,20,22). The Morgan fingerprint density at radius 2 is 2.05 bits per heavy atom. The Hall–Kier alpha value is -2.14. The number of rotatable bonds is 3. The van der Waals surface area contributed by atoms with Crippen LogP contribution in [0.2, 0.25) is 0 Å². The third-order valence-electron chi connectivity index (χ3n) is 3.84. The van der Waals surface area contributed by atoms with E-state index in [9.17, 15) is 9.59 Å². The topological polar surface area (TPSA) is 74.8 Å². The Labute approximate surface area is 132 Å². The van der Waals surface area contributed by atoms with Crippen LogP contribution in [0.1, 0.15) is 24.0 Å². The molecular weight excluding hydrogens is 302 g/mol. The van der Waals surface area contributed by atoms with Crippen LogP contribution in [0.4, 0.5) is 5.69 Å². The van der Waals surface area contributed by atoms with Crippen LogP contribution in [0.5, 0.6) is 0 Å². The zero-order valence-electron chi connectivity index (χ0n) is 12.0. The molecule has 3 rings (SSSR count). The molecule has 1 aromatic carbocycles. The Bertz CT molecular complexity index is 770. The van der Waals surface area contributed by atoms with Crippen LogP contribution in [-0.2, 0) is 17.6 Å². The molecule has 1 amide bonds. The predicted octanol–water partition coefficient (Wildman–Crippen LogP) is 2.49. The average Bonchev–Trinajstić information content (AvgIpc) is 2.55. The van der Waals surface area contributed by atoms with Gasteiger partial charge in [0.1, 0.15) is 5.88 Å². The van der Waals surface area contributed by atoms with Gasteiger partial charge in [-0.2, -0.15) is 5.10 Å². The first-order valence-corrected chi connectivity index (χ1v) is 7.79. The first kappa shape index (κ1) is 14.8. The zero-order valence-corrected chi connectivity index (χ0v) is 12.7. The molecule has 1 aromatic heterocycles. The van der Waals surface area contributed by atoms with Gasteiger partial charge in [-0.05, 0) is 43.4 Å². The van der Waals surface area contributed by atoms with E-state index in [0.717, 1.165) is 48.1 Å². The van der Waals surface area contributed by atoms with Gasteiger partial charge in [-0.1, -0.05) is 12.1 Å². The highest BCUT2D eigenvalue weighted by atomic mass is 35.5. The summed E-state index contributed by atoms with van der Waals surface area (Å²) in [6, 6.07) is 7.42. The minimum atomic E-state index is -0.254. The van der Waals surface area contributed by atoms with Gasteiger partial charge in [0, 0.05) is 16.8 Å². The van der Waals surface area contributed by atoms with Crippen LogP contribution in [0.3, 0.4) is 0 Å². The number of H-pyrrole nitrogens is 1. The van der Waals surface area contributed by atoms with Gasteiger partial charge in [-0.3, -0.25) is 9.59 Å². The van der Waals surface area contributed by atoms with Gasteiger partial charge in [0.2, 0.25) is 5.91 Å². The lowest BCUT2D eigenvalue weighted by atomic mass is 9.90. The second kappa shape index (κ2) is 6.32. The summed E-state index contributed by atoms with van der Waals surface area (Å²) in [7, 11) is 0. The number of fused-ring (bicyclic) bond motifs is 1. The molecule has 1 aliphatic rings. The first-order chi connectivity index (χ1) is 10.7. The van der Waals surface area contributed by atoms with E-state index in [1.165, 1.54) is 0 Å². The monoisotopic (exact) mass is 317 g/mol. The smallest absolute Gasteiger partial charge is 0.267 e. The van der Waals surface area contributed by atoms with E-state index < -0.39 is 0 Å². The van der Waals surface area contributed by atoms with E-state index >= 15 is 0 Å². The van der Waals surface area contributed by atoms with E-state index in [1.807, 2.05) is 18.2 Å². The molecule has 0 aliphatic heterocycles. The number of nitrogens with one attached hydrogen (secondary N) is 2. The van der Waals surface area contributed by atoms with Crippen LogP contribution in [0, 0.1) is 0 Å². The number of carbonyl (C=O) groups is 1. The van der Waals surface area contributed by atoms with Gasteiger partial charge >= 0.3 is 0 Å². The minimum Gasteiger partial charge on any atom is -0.325 e. The third kappa shape index (κ3) is 2.90. The SMILES string of the molecule is O=C(CCl)Nc1cccc(-c2n[nH]c(=O)c3c2CCCC3)c1. The van der Waals surface area contributed by atoms with Crippen molar-refractivity contribution in [2.45, 2.75) is 25.7 Å². The highest BCUT2D eigenvalue weighted by Gasteiger charge is 2.19. The van der Waals surface area contributed by atoms with E-state index in [2.05, 4.69) is 15.5 Å². The van der Waals surface area contributed by atoms with Crippen molar-refractivity contribution < 1.29 is 4.79 Å². The molecule has 0 atom stereocenters. The zero-order chi connectivity index (χ0) is 15.5. The van der Waals surface area contributed by atoms with Gasteiger partial charge in [-0.25, -0.2) is 5.10 Å². The van der Waals surface area contributed by atoms with E-state index in [-0.39, 0.29) is 17.3 Å². The predicted molar refractivity (Wildman–Crippen MR) is 86.3 cm³/mol. The van der Waals surface area contributed by atoms with Crippen molar-refractivity contribution in [3.05, 3.63) is 45.7 Å². The number of carbonyl (C=O) groups excluding carboxylic acids is 1. The molecular formula is C16H16ClN3O2. The van der Waals surface area contributed by atoms with Crippen molar-refractivity contribution in [3.63, 3.8) is 0 Å². The highest BCUT2D eigenvalue weighted by Crippen LogP contribution is 2.28. The summed E-state index contributed by atoms with van der Waals surface area (Å²) in [4.78, 5) is 23.3. The fourth-order valence-electron chi connectivity index (χ4n) is 2.84. The second-order valence-electron chi connectivity index (χ2n) is 5.33. The van der Waals surface area contributed by atoms with Gasteiger partial charge in [0.05, 0.1) is 5.69 Å². The number of hydrogen-bond donors (Lipinski definition) is 2.